The third-order valence-corrected chi connectivity index (χ3v) is 3.51. The van der Waals surface area contributed by atoms with Gasteiger partial charge in [0.1, 0.15) is 0 Å². The van der Waals surface area contributed by atoms with E-state index in [9.17, 15) is 9.59 Å². The average molecular weight is 260 g/mol. The first-order chi connectivity index (χ1) is 9.11. The van der Waals surface area contributed by atoms with Crippen molar-refractivity contribution >= 4 is 17.5 Å². The predicted molar refractivity (Wildman–Crippen MR) is 74.9 cm³/mol. The molecule has 0 bridgehead atoms. The summed E-state index contributed by atoms with van der Waals surface area (Å²) in [4.78, 5) is 25.5. The van der Waals surface area contributed by atoms with Crippen molar-refractivity contribution in [3.05, 3.63) is 29.8 Å². The molecule has 1 aromatic carbocycles. The highest BCUT2D eigenvalue weighted by Gasteiger charge is 2.28. The zero-order chi connectivity index (χ0) is 13.8. The normalized spacial score (nSPS) is 18.8. The molecule has 1 atom stereocenters. The van der Waals surface area contributed by atoms with Crippen LogP contribution in [0, 0.1) is 12.8 Å². The van der Waals surface area contributed by atoms with Gasteiger partial charge in [0.25, 0.3) is 0 Å². The molecule has 1 saturated heterocycles. The molecule has 1 aliphatic rings. The predicted octanol–water partition coefficient (Wildman–Crippen LogP) is 1.87. The maximum absolute atomic E-state index is 12.5. The number of carbonyl (C=O) groups is 2. The fraction of sp³-hybridized carbons (Fsp3) is 0.467. The SMILES string of the molecule is CCN(C(=O)C1CCC(=O)NC1)c1cccc(C)c1. The minimum absolute atomic E-state index is 0.0441. The van der Waals surface area contributed by atoms with E-state index in [2.05, 4.69) is 5.32 Å². The van der Waals surface area contributed by atoms with Gasteiger partial charge in [-0.2, -0.15) is 0 Å². The standard InChI is InChI=1S/C15H20N2O2/c1-3-17(13-6-4-5-11(2)9-13)15(19)12-7-8-14(18)16-10-12/h4-6,9,12H,3,7-8,10H2,1-2H3,(H,16,18). The number of carbonyl (C=O) groups excluding carboxylic acids is 2. The molecule has 0 saturated carbocycles. The van der Waals surface area contributed by atoms with E-state index < -0.39 is 0 Å². The fourth-order valence-electron chi connectivity index (χ4n) is 2.43. The topological polar surface area (TPSA) is 49.4 Å². The molecule has 1 heterocycles. The van der Waals surface area contributed by atoms with E-state index in [-0.39, 0.29) is 17.7 Å². The van der Waals surface area contributed by atoms with Crippen LogP contribution in [0.4, 0.5) is 5.69 Å². The number of rotatable bonds is 3. The van der Waals surface area contributed by atoms with Crippen molar-refractivity contribution in [3.63, 3.8) is 0 Å². The van der Waals surface area contributed by atoms with Crippen molar-refractivity contribution in [3.8, 4) is 0 Å². The molecule has 1 aliphatic heterocycles. The summed E-state index contributed by atoms with van der Waals surface area (Å²) in [5, 5.41) is 2.77. The highest BCUT2D eigenvalue weighted by molar-refractivity contribution is 5.96. The van der Waals surface area contributed by atoms with Crippen molar-refractivity contribution in [2.75, 3.05) is 18.0 Å². The summed E-state index contributed by atoms with van der Waals surface area (Å²) in [6, 6.07) is 7.95. The number of benzene rings is 1. The van der Waals surface area contributed by atoms with Gasteiger partial charge in [-0.15, -0.1) is 0 Å². The third kappa shape index (κ3) is 3.13. The Bertz CT molecular complexity index is 475. The summed E-state index contributed by atoms with van der Waals surface area (Å²) < 4.78 is 0. The van der Waals surface area contributed by atoms with E-state index in [0.717, 1.165) is 11.3 Å². The number of hydrogen-bond donors (Lipinski definition) is 1. The number of piperidine rings is 1. The summed E-state index contributed by atoms with van der Waals surface area (Å²) in [5.74, 6) is 0.0499. The number of hydrogen-bond acceptors (Lipinski definition) is 2. The number of anilines is 1. The lowest BCUT2D eigenvalue weighted by atomic mass is 9.97. The van der Waals surface area contributed by atoms with Gasteiger partial charge in [-0.1, -0.05) is 12.1 Å². The van der Waals surface area contributed by atoms with E-state index >= 15 is 0 Å². The van der Waals surface area contributed by atoms with E-state index in [1.54, 1.807) is 4.90 Å². The van der Waals surface area contributed by atoms with Crippen LogP contribution >= 0.6 is 0 Å². The largest absolute Gasteiger partial charge is 0.355 e. The summed E-state index contributed by atoms with van der Waals surface area (Å²) >= 11 is 0. The lowest BCUT2D eigenvalue weighted by Gasteiger charge is -2.29. The van der Waals surface area contributed by atoms with Gasteiger partial charge in [0, 0.05) is 25.2 Å². The second-order valence-corrected chi connectivity index (χ2v) is 4.96. The first-order valence-electron chi connectivity index (χ1n) is 6.76. The van der Waals surface area contributed by atoms with Gasteiger partial charge in [-0.3, -0.25) is 9.59 Å². The van der Waals surface area contributed by atoms with Gasteiger partial charge in [-0.25, -0.2) is 0 Å². The van der Waals surface area contributed by atoms with Crippen LogP contribution in [0.5, 0.6) is 0 Å². The molecular weight excluding hydrogens is 240 g/mol. The van der Waals surface area contributed by atoms with Gasteiger partial charge < -0.3 is 10.2 Å². The first kappa shape index (κ1) is 13.6. The van der Waals surface area contributed by atoms with Gasteiger partial charge in [-0.05, 0) is 38.0 Å². The lowest BCUT2D eigenvalue weighted by molar-refractivity contribution is -0.127. The van der Waals surface area contributed by atoms with Gasteiger partial charge in [0.2, 0.25) is 11.8 Å². The Balaban J connectivity index is 2.13. The number of amides is 2. The Kier molecular flexibility index (Phi) is 4.20. The Morgan fingerprint density at radius 2 is 2.26 bits per heavy atom. The van der Waals surface area contributed by atoms with Crippen LogP contribution in [0.3, 0.4) is 0 Å². The Morgan fingerprint density at radius 3 is 2.84 bits per heavy atom. The quantitative estimate of drug-likeness (QED) is 0.902. The smallest absolute Gasteiger partial charge is 0.231 e. The van der Waals surface area contributed by atoms with Crippen molar-refractivity contribution in [2.24, 2.45) is 5.92 Å². The Labute approximate surface area is 113 Å². The van der Waals surface area contributed by atoms with Gasteiger partial charge in [0.15, 0.2) is 0 Å². The molecule has 19 heavy (non-hydrogen) atoms. The molecule has 1 fully saturated rings. The Hall–Kier alpha value is -1.84. The van der Waals surface area contributed by atoms with Gasteiger partial charge in [0.05, 0.1) is 5.92 Å². The highest BCUT2D eigenvalue weighted by Crippen LogP contribution is 2.21. The first-order valence-corrected chi connectivity index (χ1v) is 6.76. The fourth-order valence-corrected chi connectivity index (χ4v) is 2.43. The molecule has 4 heteroatoms. The van der Waals surface area contributed by atoms with Gasteiger partial charge >= 0.3 is 0 Å². The molecule has 2 rings (SSSR count). The van der Waals surface area contributed by atoms with Crippen molar-refractivity contribution in [1.82, 2.24) is 5.32 Å². The van der Waals surface area contributed by atoms with Crippen LogP contribution in [0.1, 0.15) is 25.3 Å². The van der Waals surface area contributed by atoms with E-state index in [4.69, 9.17) is 0 Å². The van der Waals surface area contributed by atoms with E-state index in [0.29, 0.717) is 25.9 Å². The van der Waals surface area contributed by atoms with Crippen LogP contribution in [0.2, 0.25) is 0 Å². The van der Waals surface area contributed by atoms with Crippen LogP contribution in [-0.4, -0.2) is 24.9 Å². The zero-order valence-corrected chi connectivity index (χ0v) is 11.5. The molecule has 0 aliphatic carbocycles. The molecule has 102 valence electrons. The van der Waals surface area contributed by atoms with E-state index in [1.165, 1.54) is 0 Å². The maximum atomic E-state index is 12.5. The van der Waals surface area contributed by atoms with Crippen LogP contribution in [0.15, 0.2) is 24.3 Å². The molecular formula is C15H20N2O2. The molecule has 2 amide bonds. The van der Waals surface area contributed by atoms with Crippen molar-refractivity contribution < 1.29 is 9.59 Å². The van der Waals surface area contributed by atoms with Crippen LogP contribution < -0.4 is 10.2 Å². The van der Waals surface area contributed by atoms with Crippen LogP contribution in [-0.2, 0) is 9.59 Å². The summed E-state index contributed by atoms with van der Waals surface area (Å²) in [7, 11) is 0. The summed E-state index contributed by atoms with van der Waals surface area (Å²) in [6.07, 6.45) is 1.09. The Morgan fingerprint density at radius 1 is 1.47 bits per heavy atom. The maximum Gasteiger partial charge on any atom is 0.231 e. The van der Waals surface area contributed by atoms with E-state index in [1.807, 2.05) is 38.1 Å². The second kappa shape index (κ2) is 5.87. The molecule has 0 radical (unpaired) electrons. The minimum Gasteiger partial charge on any atom is -0.355 e. The minimum atomic E-state index is -0.0989. The number of aryl methyl sites for hydroxylation is 1. The average Bonchev–Trinajstić information content (AvgIpc) is 2.40. The monoisotopic (exact) mass is 260 g/mol. The molecule has 1 N–H and O–H groups in total. The molecule has 4 nitrogen and oxygen atoms in total. The molecule has 0 aromatic heterocycles. The highest BCUT2D eigenvalue weighted by atomic mass is 16.2. The summed E-state index contributed by atoms with van der Waals surface area (Å²) in [5.41, 5.74) is 2.07. The lowest BCUT2D eigenvalue weighted by Crippen LogP contribution is -2.45. The van der Waals surface area contributed by atoms with Crippen LogP contribution in [0.25, 0.3) is 0 Å². The molecule has 0 spiro atoms. The van der Waals surface area contributed by atoms with Crippen molar-refractivity contribution in [1.29, 1.82) is 0 Å². The van der Waals surface area contributed by atoms with Crippen molar-refractivity contribution in [2.45, 2.75) is 26.7 Å². The molecule has 1 aromatic rings. The zero-order valence-electron chi connectivity index (χ0n) is 11.5. The molecule has 1 unspecified atom stereocenters. The number of nitrogens with one attached hydrogen (secondary N) is 1. The summed E-state index contributed by atoms with van der Waals surface area (Å²) in [6.45, 7) is 5.09. The number of nitrogens with zero attached hydrogens (tertiary/aromatic N) is 1. The second-order valence-electron chi connectivity index (χ2n) is 4.96. The third-order valence-electron chi connectivity index (χ3n) is 3.51.